The second kappa shape index (κ2) is 12.8. The molecule has 11 nitrogen and oxygen atoms in total. The van der Waals surface area contributed by atoms with Crippen molar-refractivity contribution < 1.29 is 38.4 Å². The van der Waals surface area contributed by atoms with Crippen molar-refractivity contribution in [2.24, 2.45) is 4.99 Å². The molecule has 0 unspecified atom stereocenters. The predicted octanol–water partition coefficient (Wildman–Crippen LogP) is 2.89. The van der Waals surface area contributed by atoms with E-state index in [0.29, 0.717) is 47.0 Å². The first-order valence-electron chi connectivity index (χ1n) is 12.3. The maximum Gasteiger partial charge on any atom is 0.341 e. The highest BCUT2D eigenvalue weighted by molar-refractivity contribution is 14.1. The number of hydrogen-bond acceptors (Lipinski definition) is 10. The first kappa shape index (κ1) is 30.1. The van der Waals surface area contributed by atoms with Crippen molar-refractivity contribution in [2.75, 3.05) is 34.5 Å². The van der Waals surface area contributed by atoms with Crippen molar-refractivity contribution in [1.82, 2.24) is 4.57 Å². The summed E-state index contributed by atoms with van der Waals surface area (Å²) in [5, 5.41) is 8.99. The minimum atomic E-state index is -1.12. The Morgan fingerprint density at radius 1 is 1.12 bits per heavy atom. The number of halogens is 1. The fourth-order valence-corrected chi connectivity index (χ4v) is 6.21. The van der Waals surface area contributed by atoms with E-state index in [2.05, 4.69) is 4.99 Å². The molecule has 0 radical (unpaired) electrons. The molecule has 1 aromatic heterocycles. The number of nitrogens with zero attached hydrogens (tertiary/aromatic N) is 2. The maximum absolute atomic E-state index is 14.0. The van der Waals surface area contributed by atoms with Gasteiger partial charge in [-0.1, -0.05) is 11.3 Å². The Kier molecular flexibility index (Phi) is 9.38. The third-order valence-electron chi connectivity index (χ3n) is 6.14. The Morgan fingerprint density at radius 2 is 1.85 bits per heavy atom. The number of carboxylic acid groups (broad SMARTS) is 1. The number of hydrogen-bond donors (Lipinski definition) is 1. The van der Waals surface area contributed by atoms with E-state index in [1.807, 2.05) is 22.6 Å². The van der Waals surface area contributed by atoms with Gasteiger partial charge in [-0.15, -0.1) is 0 Å². The Bertz CT molecular complexity index is 1730. The van der Waals surface area contributed by atoms with Crippen LogP contribution in [0.2, 0.25) is 0 Å². The summed E-state index contributed by atoms with van der Waals surface area (Å²) in [6.07, 6.45) is 1.68. The largest absolute Gasteiger partial charge is 0.497 e. The number of carboxylic acids is 1. The predicted molar refractivity (Wildman–Crippen MR) is 159 cm³/mol. The van der Waals surface area contributed by atoms with Gasteiger partial charge in [-0.05, 0) is 72.3 Å². The lowest BCUT2D eigenvalue weighted by molar-refractivity contribution is -0.140. The number of methoxy groups -OCH3 is 3. The molecule has 41 heavy (non-hydrogen) atoms. The van der Waals surface area contributed by atoms with E-state index in [9.17, 15) is 14.4 Å². The Balaban J connectivity index is 1.93. The van der Waals surface area contributed by atoms with E-state index in [1.165, 1.54) is 37.2 Å². The normalized spacial score (nSPS) is 14.7. The highest BCUT2D eigenvalue weighted by atomic mass is 127. The third kappa shape index (κ3) is 6.10. The number of thiazole rings is 1. The van der Waals surface area contributed by atoms with Gasteiger partial charge in [0.2, 0.25) is 0 Å². The Morgan fingerprint density at radius 3 is 2.49 bits per heavy atom. The van der Waals surface area contributed by atoms with Crippen LogP contribution in [-0.4, -0.2) is 56.2 Å². The van der Waals surface area contributed by atoms with E-state index >= 15 is 0 Å². The molecule has 3 aromatic rings. The number of allylic oxidation sites excluding steroid dienone is 1. The Hall–Kier alpha value is -3.85. The molecule has 13 heteroatoms. The minimum Gasteiger partial charge on any atom is -0.497 e. The van der Waals surface area contributed by atoms with Gasteiger partial charge in [-0.3, -0.25) is 9.36 Å². The van der Waals surface area contributed by atoms with Gasteiger partial charge in [0.15, 0.2) is 22.9 Å². The van der Waals surface area contributed by atoms with Crippen molar-refractivity contribution in [1.29, 1.82) is 0 Å². The van der Waals surface area contributed by atoms with E-state index in [4.69, 9.17) is 28.8 Å². The highest BCUT2D eigenvalue weighted by Crippen LogP contribution is 2.38. The molecule has 2 aromatic carbocycles. The van der Waals surface area contributed by atoms with Crippen LogP contribution in [0.15, 0.2) is 51.4 Å². The van der Waals surface area contributed by atoms with Gasteiger partial charge in [0.1, 0.15) is 17.5 Å². The molecule has 0 aliphatic carbocycles. The van der Waals surface area contributed by atoms with Crippen molar-refractivity contribution >= 4 is 51.9 Å². The fourth-order valence-electron chi connectivity index (χ4n) is 4.38. The molecule has 2 heterocycles. The summed E-state index contributed by atoms with van der Waals surface area (Å²) in [6.45, 7) is 3.04. The number of aromatic nitrogens is 1. The number of fused-ring (bicyclic) bond motifs is 1. The van der Waals surface area contributed by atoms with Crippen molar-refractivity contribution in [2.45, 2.75) is 19.9 Å². The summed E-state index contributed by atoms with van der Waals surface area (Å²) < 4.78 is 29.6. The van der Waals surface area contributed by atoms with Crippen molar-refractivity contribution in [3.8, 4) is 23.0 Å². The quantitative estimate of drug-likeness (QED) is 0.251. The number of aliphatic carboxylic acids is 1. The third-order valence-corrected chi connectivity index (χ3v) is 7.93. The summed E-state index contributed by atoms with van der Waals surface area (Å²) in [5.41, 5.74) is 1.47. The first-order chi connectivity index (χ1) is 19.6. The van der Waals surface area contributed by atoms with Crippen molar-refractivity contribution in [3.63, 3.8) is 0 Å². The van der Waals surface area contributed by atoms with Gasteiger partial charge in [0, 0.05) is 11.6 Å². The first-order valence-corrected chi connectivity index (χ1v) is 14.2. The molecule has 1 atom stereocenters. The van der Waals surface area contributed by atoms with Gasteiger partial charge in [0.05, 0.1) is 47.3 Å². The number of carbonyl (C=O) groups is 2. The topological polar surface area (TPSA) is 135 Å². The van der Waals surface area contributed by atoms with Gasteiger partial charge >= 0.3 is 11.9 Å². The zero-order chi connectivity index (χ0) is 29.8. The summed E-state index contributed by atoms with van der Waals surface area (Å²) >= 11 is 3.18. The van der Waals surface area contributed by atoms with Gasteiger partial charge < -0.3 is 28.8 Å². The SMILES string of the molecule is CCOC(=O)C1=C(C)N=c2s/c(=C\c3cc(I)c(OCC(=O)O)c(OC)c3)c(=O)n2[C@H]1c1ccc(OC)cc1OC. The van der Waals surface area contributed by atoms with E-state index < -0.39 is 24.6 Å². The van der Waals surface area contributed by atoms with Crippen LogP contribution in [-0.2, 0) is 14.3 Å². The van der Waals surface area contributed by atoms with E-state index in [-0.39, 0.29) is 23.5 Å². The zero-order valence-corrected chi connectivity index (χ0v) is 25.8. The van der Waals surface area contributed by atoms with Gasteiger partial charge in [-0.25, -0.2) is 14.6 Å². The number of esters is 1. The van der Waals surface area contributed by atoms with Crippen LogP contribution in [0.5, 0.6) is 23.0 Å². The second-order valence-electron chi connectivity index (χ2n) is 8.63. The zero-order valence-electron chi connectivity index (χ0n) is 22.8. The molecule has 0 saturated heterocycles. The van der Waals surface area contributed by atoms with Crippen LogP contribution in [0.3, 0.4) is 0 Å². The van der Waals surface area contributed by atoms with E-state index in [0.717, 1.165) is 0 Å². The summed E-state index contributed by atoms with van der Waals surface area (Å²) in [5.74, 6) is -0.114. The molecule has 1 aliphatic heterocycles. The molecule has 4 rings (SSSR count). The van der Waals surface area contributed by atoms with Crippen LogP contribution in [0.25, 0.3) is 6.08 Å². The number of benzene rings is 2. The standard InChI is InChI=1S/C28H27IN2O9S/c1-6-39-27(35)23-14(2)30-28-31(24(23)17-8-7-16(36-3)12-19(17)37-4)26(34)21(41-28)11-15-9-18(29)25(20(10-15)38-5)40-13-22(32)33/h7-12,24H,6,13H2,1-5H3,(H,32,33)/b21-11-/t24-/m0/s1. The summed E-state index contributed by atoms with van der Waals surface area (Å²) in [7, 11) is 4.48. The lowest BCUT2D eigenvalue weighted by atomic mass is 9.95. The van der Waals surface area contributed by atoms with Crippen LogP contribution in [0.4, 0.5) is 0 Å². The number of ether oxygens (including phenoxy) is 5. The lowest BCUT2D eigenvalue weighted by Gasteiger charge is -2.26. The molecule has 0 spiro atoms. The minimum absolute atomic E-state index is 0.152. The Labute approximate surface area is 252 Å². The molecule has 0 bridgehead atoms. The number of carbonyl (C=O) groups excluding carboxylic acids is 1. The smallest absolute Gasteiger partial charge is 0.341 e. The maximum atomic E-state index is 14.0. The fraction of sp³-hybridized carbons (Fsp3) is 0.286. The molecule has 0 amide bonds. The second-order valence-corrected chi connectivity index (χ2v) is 10.8. The summed E-state index contributed by atoms with van der Waals surface area (Å²) in [4.78, 5) is 43.1. The average Bonchev–Trinajstić information content (AvgIpc) is 3.24. The highest BCUT2D eigenvalue weighted by Gasteiger charge is 2.35. The van der Waals surface area contributed by atoms with Crippen LogP contribution in [0.1, 0.15) is 31.0 Å². The van der Waals surface area contributed by atoms with Crippen LogP contribution in [0, 0.1) is 3.57 Å². The lowest BCUT2D eigenvalue weighted by Crippen LogP contribution is -2.40. The average molecular weight is 695 g/mol. The monoisotopic (exact) mass is 694 g/mol. The van der Waals surface area contributed by atoms with Crippen LogP contribution >= 0.6 is 33.9 Å². The van der Waals surface area contributed by atoms with Crippen LogP contribution < -0.4 is 33.8 Å². The molecule has 1 aliphatic rings. The molecule has 0 saturated carbocycles. The number of rotatable bonds is 10. The van der Waals surface area contributed by atoms with Gasteiger partial charge in [-0.2, -0.15) is 0 Å². The van der Waals surface area contributed by atoms with E-state index in [1.54, 1.807) is 50.3 Å². The molecule has 0 fully saturated rings. The molecular weight excluding hydrogens is 667 g/mol. The molecule has 216 valence electrons. The summed E-state index contributed by atoms with van der Waals surface area (Å²) in [6, 6.07) is 7.70. The van der Waals surface area contributed by atoms with Gasteiger partial charge in [0.25, 0.3) is 5.56 Å². The molecular formula is C28H27IN2O9S. The molecule has 1 N–H and O–H groups in total. The van der Waals surface area contributed by atoms with Crippen molar-refractivity contribution in [3.05, 3.63) is 76.0 Å².